The van der Waals surface area contributed by atoms with E-state index in [4.69, 9.17) is 4.74 Å². The molecule has 29 heavy (non-hydrogen) atoms. The molecule has 0 aromatic carbocycles. The average molecular weight is 409 g/mol. The second-order valence-corrected chi connectivity index (χ2v) is 10.7. The van der Waals surface area contributed by atoms with Gasteiger partial charge in [0, 0.05) is 23.2 Å². The number of rotatable bonds is 5. The van der Waals surface area contributed by atoms with Crippen molar-refractivity contribution in [1.82, 2.24) is 0 Å². The van der Waals surface area contributed by atoms with Crippen molar-refractivity contribution < 1.29 is 24.5 Å². The van der Waals surface area contributed by atoms with E-state index in [1.54, 1.807) is 6.08 Å². The van der Waals surface area contributed by atoms with Crippen LogP contribution in [0.4, 0.5) is 0 Å². The highest BCUT2D eigenvalue weighted by molar-refractivity contribution is 5.85. The van der Waals surface area contributed by atoms with E-state index >= 15 is 0 Å². The zero-order valence-electron chi connectivity index (χ0n) is 19.2. The molecule has 0 bridgehead atoms. The van der Waals surface area contributed by atoms with Gasteiger partial charge in [-0.3, -0.25) is 4.79 Å². The zero-order chi connectivity index (χ0) is 22.4. The van der Waals surface area contributed by atoms with Crippen LogP contribution < -0.4 is 0 Å². The average Bonchev–Trinajstić information content (AvgIpc) is 3.00. The molecule has 0 aromatic heterocycles. The second kappa shape index (κ2) is 7.81. The number of ether oxygens (including phenoxy) is 1. The Morgan fingerprint density at radius 2 is 1.90 bits per heavy atom. The minimum Gasteiger partial charge on any atom is -0.460 e. The summed E-state index contributed by atoms with van der Waals surface area (Å²) in [6.45, 7) is 17.7. The van der Waals surface area contributed by atoms with Gasteiger partial charge in [0.15, 0.2) is 0 Å². The highest BCUT2D eigenvalue weighted by Crippen LogP contribution is 2.66. The Labute approximate surface area is 175 Å². The molecule has 2 rings (SSSR count). The van der Waals surface area contributed by atoms with Gasteiger partial charge in [0.25, 0.3) is 0 Å². The number of carbonyl (C=O) groups excluding carboxylic acids is 2. The molecule has 6 unspecified atom stereocenters. The lowest BCUT2D eigenvalue weighted by molar-refractivity contribution is -0.208. The summed E-state index contributed by atoms with van der Waals surface area (Å²) in [4.78, 5) is 25.5. The fourth-order valence-electron chi connectivity index (χ4n) is 6.41. The largest absolute Gasteiger partial charge is 0.460 e. The van der Waals surface area contributed by atoms with Gasteiger partial charge < -0.3 is 14.9 Å². The van der Waals surface area contributed by atoms with Gasteiger partial charge in [-0.15, -0.1) is 6.58 Å². The summed E-state index contributed by atoms with van der Waals surface area (Å²) in [6.07, 6.45) is 2.73. The third-order valence-electron chi connectivity index (χ3n) is 9.11. The summed E-state index contributed by atoms with van der Waals surface area (Å²) >= 11 is 0. The molecule has 2 aliphatic carbocycles. The monoisotopic (exact) mass is 408 g/mol. The Kier molecular flexibility index (Phi) is 6.48. The number of aliphatic hydroxyl groups is 2. The minimum atomic E-state index is -0.761. The molecular weight excluding hydrogens is 368 g/mol. The molecule has 0 spiro atoms. The van der Waals surface area contributed by atoms with Gasteiger partial charge in [0.2, 0.25) is 0 Å². The van der Waals surface area contributed by atoms with Crippen molar-refractivity contribution in [3.8, 4) is 0 Å². The van der Waals surface area contributed by atoms with Crippen LogP contribution in [0, 0.1) is 33.5 Å². The third-order valence-corrected chi connectivity index (χ3v) is 9.11. The van der Waals surface area contributed by atoms with Gasteiger partial charge in [-0.1, -0.05) is 61.0 Å². The van der Waals surface area contributed by atoms with Crippen LogP contribution in [0.2, 0.25) is 0 Å². The highest BCUT2D eigenvalue weighted by atomic mass is 16.6. The molecule has 2 fully saturated rings. The van der Waals surface area contributed by atoms with Gasteiger partial charge in [-0.05, 0) is 29.6 Å². The van der Waals surface area contributed by atoms with Crippen LogP contribution in [0.1, 0.15) is 74.1 Å². The maximum atomic E-state index is 13.3. The number of fused-ring (bicyclic) bond motifs is 1. The van der Waals surface area contributed by atoms with Crippen molar-refractivity contribution in [2.45, 2.75) is 86.4 Å². The maximum absolute atomic E-state index is 13.3. The van der Waals surface area contributed by atoms with Crippen LogP contribution in [0.5, 0.6) is 0 Å². The maximum Gasteiger partial charge on any atom is 0.332 e. The number of Topliss-reactive ketones (excluding diaryl/α,β-unsaturated/α-hetero) is 1. The van der Waals surface area contributed by atoms with E-state index in [-0.39, 0.29) is 17.6 Å². The number of hydrogen-bond acceptors (Lipinski definition) is 5. The quantitative estimate of drug-likeness (QED) is 0.532. The molecule has 5 heteroatoms. The summed E-state index contributed by atoms with van der Waals surface area (Å²) in [5.74, 6) is -0.758. The molecule has 2 saturated carbocycles. The molecule has 5 nitrogen and oxygen atoms in total. The lowest BCUT2D eigenvalue weighted by Gasteiger charge is -2.61. The first-order valence-electron chi connectivity index (χ1n) is 10.9. The fourth-order valence-corrected chi connectivity index (χ4v) is 6.41. The van der Waals surface area contributed by atoms with E-state index < -0.39 is 46.4 Å². The summed E-state index contributed by atoms with van der Waals surface area (Å²) in [6, 6.07) is 0. The van der Waals surface area contributed by atoms with Gasteiger partial charge in [0.1, 0.15) is 18.5 Å². The number of carbonyl (C=O) groups is 2. The molecule has 166 valence electrons. The second-order valence-electron chi connectivity index (χ2n) is 10.7. The number of aliphatic hydroxyl groups excluding tert-OH is 2. The number of hydrogen-bond donors (Lipinski definition) is 2. The van der Waals surface area contributed by atoms with Crippen LogP contribution in [0.25, 0.3) is 0 Å². The van der Waals surface area contributed by atoms with E-state index in [9.17, 15) is 19.8 Å². The van der Waals surface area contributed by atoms with Gasteiger partial charge in [-0.25, -0.2) is 4.79 Å². The van der Waals surface area contributed by atoms with E-state index in [1.165, 1.54) is 0 Å². The molecule has 0 heterocycles. The Hall–Kier alpha value is -1.20. The molecular formula is C24H40O5. The summed E-state index contributed by atoms with van der Waals surface area (Å²) in [5.41, 5.74) is -2.34. The van der Waals surface area contributed by atoms with Crippen molar-refractivity contribution in [2.75, 3.05) is 6.61 Å². The molecule has 0 aliphatic heterocycles. The lowest BCUT2D eigenvalue weighted by Crippen LogP contribution is -2.63. The van der Waals surface area contributed by atoms with E-state index in [2.05, 4.69) is 48.1 Å². The fraction of sp³-hybridized carbons (Fsp3) is 0.833. The minimum absolute atomic E-state index is 0.102. The third kappa shape index (κ3) is 3.38. The molecule has 7 atom stereocenters. The van der Waals surface area contributed by atoms with Crippen LogP contribution in [-0.4, -0.2) is 40.8 Å². The Morgan fingerprint density at radius 1 is 1.31 bits per heavy atom. The Bertz CT molecular complexity index is 670. The molecule has 2 N–H and O–H groups in total. The molecule has 0 saturated heterocycles. The predicted molar refractivity (Wildman–Crippen MR) is 113 cm³/mol. The summed E-state index contributed by atoms with van der Waals surface area (Å²) < 4.78 is 5.83. The van der Waals surface area contributed by atoms with Crippen LogP contribution >= 0.6 is 0 Å². The van der Waals surface area contributed by atoms with E-state index in [0.29, 0.717) is 19.3 Å². The number of esters is 1. The van der Waals surface area contributed by atoms with Crippen molar-refractivity contribution in [1.29, 1.82) is 0 Å². The number of ketones is 1. The standard InChI is InChI=1S/C24H40O5/c1-9-15(3)24(8)17(29-18(27)14-25)13-22(6,10-2)20(28)21(4,5)23(7)12-11-16(26)19(23)24/h10,15,17,19-20,25,28H,2,9,11-14H2,1,3-8H3/t15?,17-,19?,20?,22?,23?,24?/m1/s1. The van der Waals surface area contributed by atoms with Crippen molar-refractivity contribution >= 4 is 11.8 Å². The summed E-state index contributed by atoms with van der Waals surface area (Å²) in [5, 5.41) is 20.9. The van der Waals surface area contributed by atoms with Crippen molar-refractivity contribution in [3.05, 3.63) is 12.7 Å². The highest BCUT2D eigenvalue weighted by Gasteiger charge is 2.68. The molecule has 2 aliphatic rings. The smallest absolute Gasteiger partial charge is 0.332 e. The SMILES string of the molecule is C=CC1(C)C[C@@H](OC(=O)CO)C(C)(C(C)CC)C2C(=O)CCC2(C)C(C)(C)C1O. The van der Waals surface area contributed by atoms with E-state index in [1.807, 2.05) is 6.92 Å². The Balaban J connectivity index is 2.82. The topological polar surface area (TPSA) is 83.8 Å². The van der Waals surface area contributed by atoms with Crippen LogP contribution in [0.15, 0.2) is 12.7 Å². The van der Waals surface area contributed by atoms with Gasteiger partial charge in [-0.2, -0.15) is 0 Å². The first-order chi connectivity index (χ1) is 13.3. The van der Waals surface area contributed by atoms with E-state index in [0.717, 1.165) is 6.42 Å². The normalized spacial score (nSPS) is 43.1. The van der Waals surface area contributed by atoms with Gasteiger partial charge >= 0.3 is 5.97 Å². The van der Waals surface area contributed by atoms with Crippen LogP contribution in [0.3, 0.4) is 0 Å². The zero-order valence-corrected chi connectivity index (χ0v) is 19.2. The first kappa shape index (κ1) is 24.1. The Morgan fingerprint density at radius 3 is 2.38 bits per heavy atom. The predicted octanol–water partition coefficient (Wildman–Crippen LogP) is 3.91. The molecule has 0 amide bonds. The van der Waals surface area contributed by atoms with Crippen molar-refractivity contribution in [2.24, 2.45) is 33.5 Å². The lowest BCUT2D eigenvalue weighted by atomic mass is 9.44. The van der Waals surface area contributed by atoms with Gasteiger partial charge in [0.05, 0.1) is 6.10 Å². The molecule has 0 aromatic rings. The van der Waals surface area contributed by atoms with Crippen LogP contribution in [-0.2, 0) is 14.3 Å². The summed E-state index contributed by atoms with van der Waals surface area (Å²) in [7, 11) is 0. The van der Waals surface area contributed by atoms with Crippen molar-refractivity contribution in [3.63, 3.8) is 0 Å². The molecule has 0 radical (unpaired) electrons. The first-order valence-corrected chi connectivity index (χ1v) is 10.9.